The molecule has 24 heavy (non-hydrogen) atoms. The molecule has 5 heteroatoms. The number of amides is 1. The number of nitrogens with zero attached hydrogens (tertiary/aromatic N) is 1. The fourth-order valence-corrected chi connectivity index (χ4v) is 3.91. The lowest BCUT2D eigenvalue weighted by molar-refractivity contribution is -0.121. The monoisotopic (exact) mass is 344 g/mol. The minimum Gasteiger partial charge on any atom is -0.468 e. The van der Waals surface area contributed by atoms with Crippen molar-refractivity contribution in [3.05, 3.63) is 60.1 Å². The molecule has 1 aliphatic heterocycles. The molecule has 0 spiro atoms. The van der Waals surface area contributed by atoms with Gasteiger partial charge in [0.05, 0.1) is 12.3 Å². The number of hydrogen-bond donors (Lipinski definition) is 1. The molecule has 1 N–H and O–H groups in total. The summed E-state index contributed by atoms with van der Waals surface area (Å²) in [5.41, 5.74) is 1.20. The van der Waals surface area contributed by atoms with Crippen molar-refractivity contribution in [2.45, 2.75) is 18.9 Å². The summed E-state index contributed by atoms with van der Waals surface area (Å²) in [6.45, 7) is 2.68. The average Bonchev–Trinajstić information content (AvgIpc) is 3.16. The molecule has 4 nitrogen and oxygen atoms in total. The van der Waals surface area contributed by atoms with E-state index in [0.29, 0.717) is 13.0 Å². The summed E-state index contributed by atoms with van der Waals surface area (Å²) >= 11 is 1.98. The second kappa shape index (κ2) is 8.94. The lowest BCUT2D eigenvalue weighted by Gasteiger charge is -2.33. The summed E-state index contributed by atoms with van der Waals surface area (Å²) in [6, 6.07) is 14.2. The van der Waals surface area contributed by atoms with Gasteiger partial charge in [0.15, 0.2) is 0 Å². The van der Waals surface area contributed by atoms with Crippen LogP contribution in [0.25, 0.3) is 0 Å². The van der Waals surface area contributed by atoms with Gasteiger partial charge in [-0.05, 0) is 24.1 Å². The molecule has 1 fully saturated rings. The highest BCUT2D eigenvalue weighted by atomic mass is 32.2. The van der Waals surface area contributed by atoms with E-state index < -0.39 is 0 Å². The van der Waals surface area contributed by atoms with Crippen molar-refractivity contribution in [2.75, 3.05) is 31.1 Å². The molecule has 3 rings (SSSR count). The van der Waals surface area contributed by atoms with Gasteiger partial charge in [0.1, 0.15) is 5.76 Å². The Labute approximate surface area is 147 Å². The Morgan fingerprint density at radius 2 is 1.96 bits per heavy atom. The zero-order chi connectivity index (χ0) is 16.6. The standard InChI is InChI=1S/C19H24N2O2S/c22-19(9-8-16-5-2-1-3-6-16)20-15-17(18-7-4-12-23-18)21-10-13-24-14-11-21/h1-7,12,17H,8-11,13-15H2,(H,20,22)/t17-/m1/s1. The van der Waals surface area contributed by atoms with E-state index >= 15 is 0 Å². The molecule has 0 unspecified atom stereocenters. The van der Waals surface area contributed by atoms with Crippen molar-refractivity contribution in [3.63, 3.8) is 0 Å². The van der Waals surface area contributed by atoms with Crippen LogP contribution in [0.4, 0.5) is 0 Å². The lowest BCUT2D eigenvalue weighted by atomic mass is 10.1. The van der Waals surface area contributed by atoms with Crippen molar-refractivity contribution in [1.82, 2.24) is 10.2 Å². The minimum atomic E-state index is 0.0989. The molecule has 1 atom stereocenters. The number of carbonyl (C=O) groups is 1. The molecule has 128 valence electrons. The van der Waals surface area contributed by atoms with Gasteiger partial charge in [0.25, 0.3) is 0 Å². The zero-order valence-electron chi connectivity index (χ0n) is 13.8. The van der Waals surface area contributed by atoms with Crippen LogP contribution in [-0.4, -0.2) is 41.9 Å². The highest BCUT2D eigenvalue weighted by Gasteiger charge is 2.24. The highest BCUT2D eigenvalue weighted by molar-refractivity contribution is 7.99. The summed E-state index contributed by atoms with van der Waals surface area (Å²) in [4.78, 5) is 14.6. The number of thioether (sulfide) groups is 1. The van der Waals surface area contributed by atoms with Crippen molar-refractivity contribution < 1.29 is 9.21 Å². The van der Waals surface area contributed by atoms with Crippen molar-refractivity contribution in [2.24, 2.45) is 0 Å². The van der Waals surface area contributed by atoms with Crippen molar-refractivity contribution >= 4 is 17.7 Å². The molecule has 0 saturated carbocycles. The van der Waals surface area contributed by atoms with Crippen LogP contribution >= 0.6 is 11.8 Å². The molecular formula is C19H24N2O2S. The van der Waals surface area contributed by atoms with Crippen molar-refractivity contribution in [3.8, 4) is 0 Å². The number of hydrogen-bond acceptors (Lipinski definition) is 4. The van der Waals surface area contributed by atoms with Gasteiger partial charge in [-0.1, -0.05) is 30.3 Å². The van der Waals surface area contributed by atoms with E-state index in [1.54, 1.807) is 6.26 Å². The summed E-state index contributed by atoms with van der Waals surface area (Å²) in [5, 5.41) is 3.09. The van der Waals surface area contributed by atoms with E-state index in [2.05, 4.69) is 22.3 Å². The van der Waals surface area contributed by atoms with Gasteiger partial charge in [0.2, 0.25) is 5.91 Å². The zero-order valence-corrected chi connectivity index (χ0v) is 14.6. The molecule has 1 saturated heterocycles. The number of rotatable bonds is 7. The summed E-state index contributed by atoms with van der Waals surface area (Å²) in [7, 11) is 0. The van der Waals surface area contributed by atoms with E-state index in [-0.39, 0.29) is 11.9 Å². The molecule has 1 aromatic carbocycles. The summed E-state index contributed by atoms with van der Waals surface area (Å²) in [6.07, 6.45) is 3.00. The van der Waals surface area contributed by atoms with Crippen molar-refractivity contribution in [1.29, 1.82) is 0 Å². The Bertz CT molecular complexity index is 610. The first-order chi connectivity index (χ1) is 11.8. The molecule has 0 bridgehead atoms. The van der Waals surface area contributed by atoms with Crippen LogP contribution in [0.1, 0.15) is 23.8 Å². The number of furan rings is 1. The third-order valence-corrected chi connectivity index (χ3v) is 5.28. The molecule has 0 radical (unpaired) electrons. The van der Waals surface area contributed by atoms with E-state index in [1.165, 1.54) is 5.56 Å². The summed E-state index contributed by atoms with van der Waals surface area (Å²) < 4.78 is 5.61. The molecule has 0 aliphatic carbocycles. The normalized spacial score (nSPS) is 16.7. The topological polar surface area (TPSA) is 45.5 Å². The van der Waals surface area contributed by atoms with Gasteiger partial charge < -0.3 is 9.73 Å². The second-order valence-corrected chi connectivity index (χ2v) is 7.19. The van der Waals surface area contributed by atoms with E-state index in [1.807, 2.05) is 42.1 Å². The maximum atomic E-state index is 12.2. The van der Waals surface area contributed by atoms with Crippen LogP contribution in [0.5, 0.6) is 0 Å². The Morgan fingerprint density at radius 3 is 2.67 bits per heavy atom. The third kappa shape index (κ3) is 4.89. The maximum absolute atomic E-state index is 12.2. The lowest BCUT2D eigenvalue weighted by Crippen LogP contribution is -2.42. The van der Waals surface area contributed by atoms with Crippen LogP contribution in [-0.2, 0) is 11.2 Å². The first-order valence-corrected chi connectivity index (χ1v) is 9.64. The molecular weight excluding hydrogens is 320 g/mol. The minimum absolute atomic E-state index is 0.0989. The van der Waals surface area contributed by atoms with E-state index in [9.17, 15) is 4.79 Å². The predicted molar refractivity (Wildman–Crippen MR) is 98.1 cm³/mol. The predicted octanol–water partition coefficient (Wildman–Crippen LogP) is 3.12. The van der Waals surface area contributed by atoms with Crippen LogP contribution < -0.4 is 5.32 Å². The molecule has 2 aromatic rings. The fraction of sp³-hybridized carbons (Fsp3) is 0.421. The molecule has 1 aromatic heterocycles. The summed E-state index contributed by atoms with van der Waals surface area (Å²) in [5.74, 6) is 3.31. The third-order valence-electron chi connectivity index (χ3n) is 4.33. The number of benzene rings is 1. The van der Waals surface area contributed by atoms with Gasteiger partial charge >= 0.3 is 0 Å². The first kappa shape index (κ1) is 17.1. The van der Waals surface area contributed by atoms with Crippen LogP contribution in [0.2, 0.25) is 0 Å². The molecule has 1 amide bonds. The smallest absolute Gasteiger partial charge is 0.220 e. The quantitative estimate of drug-likeness (QED) is 0.838. The Hall–Kier alpha value is -1.72. The molecule has 1 aliphatic rings. The number of carbonyl (C=O) groups excluding carboxylic acids is 1. The Kier molecular flexibility index (Phi) is 6.38. The van der Waals surface area contributed by atoms with Crippen LogP contribution in [0, 0.1) is 0 Å². The van der Waals surface area contributed by atoms with Gasteiger partial charge in [-0.3, -0.25) is 9.69 Å². The van der Waals surface area contributed by atoms with Gasteiger partial charge in [-0.25, -0.2) is 0 Å². The fourth-order valence-electron chi connectivity index (χ4n) is 2.98. The largest absolute Gasteiger partial charge is 0.468 e. The highest BCUT2D eigenvalue weighted by Crippen LogP contribution is 2.24. The number of aryl methyl sites for hydroxylation is 1. The molecule has 2 heterocycles. The van der Waals surface area contributed by atoms with Crippen LogP contribution in [0.3, 0.4) is 0 Å². The SMILES string of the molecule is O=C(CCc1ccccc1)NC[C@H](c1ccco1)N1CCSCC1. The average molecular weight is 344 g/mol. The number of nitrogens with one attached hydrogen (secondary N) is 1. The van der Waals surface area contributed by atoms with E-state index in [0.717, 1.165) is 36.8 Å². The second-order valence-electron chi connectivity index (χ2n) is 5.97. The Balaban J connectivity index is 1.52. The van der Waals surface area contributed by atoms with Gasteiger partial charge in [0, 0.05) is 37.6 Å². The van der Waals surface area contributed by atoms with Gasteiger partial charge in [-0.2, -0.15) is 11.8 Å². The van der Waals surface area contributed by atoms with Crippen LogP contribution in [0.15, 0.2) is 53.1 Å². The van der Waals surface area contributed by atoms with E-state index in [4.69, 9.17) is 4.42 Å². The Morgan fingerprint density at radius 1 is 1.17 bits per heavy atom. The maximum Gasteiger partial charge on any atom is 0.220 e. The van der Waals surface area contributed by atoms with Gasteiger partial charge in [-0.15, -0.1) is 0 Å². The first-order valence-electron chi connectivity index (χ1n) is 8.49.